The monoisotopic (exact) mass is 534 g/mol. The molecule has 0 bridgehead atoms. The molecule has 12 heteroatoms. The Balaban J connectivity index is 1.57. The van der Waals surface area contributed by atoms with Gasteiger partial charge in [0.25, 0.3) is 0 Å². The number of anilines is 2. The first kappa shape index (κ1) is 23.8. The third-order valence-electron chi connectivity index (χ3n) is 4.55. The van der Waals surface area contributed by atoms with E-state index < -0.39 is 0 Å². The SMILES string of the molecule is Oc1c(Cl)cc(Cl)cc1C=NNc1nnc(NN=Cc2cc(Cl)cc(Cl)c2O)c2ccccc12. The number of rotatable bonds is 6. The summed E-state index contributed by atoms with van der Waals surface area (Å²) in [5, 5.41) is 39.0. The summed E-state index contributed by atoms with van der Waals surface area (Å²) in [5.41, 5.74) is 6.27. The molecule has 8 nitrogen and oxygen atoms in total. The number of hydrogen-bond donors (Lipinski definition) is 4. The van der Waals surface area contributed by atoms with Crippen LogP contribution in [0.4, 0.5) is 11.6 Å². The predicted octanol–water partition coefficient (Wildman–Crippen LogP) is 6.55. The van der Waals surface area contributed by atoms with Gasteiger partial charge in [-0.15, -0.1) is 10.2 Å². The molecule has 0 aliphatic rings. The Bertz CT molecular complexity index is 1340. The minimum absolute atomic E-state index is 0.114. The molecule has 0 amide bonds. The highest BCUT2D eigenvalue weighted by molar-refractivity contribution is 6.36. The molecule has 0 atom stereocenters. The normalized spacial score (nSPS) is 11.5. The quantitative estimate of drug-likeness (QED) is 0.164. The van der Waals surface area contributed by atoms with Crippen LogP contribution in [0.25, 0.3) is 10.8 Å². The van der Waals surface area contributed by atoms with Crippen molar-refractivity contribution >= 4 is 81.2 Å². The maximum atomic E-state index is 10.1. The number of aromatic hydroxyl groups is 2. The minimum atomic E-state index is -0.142. The molecule has 1 aromatic heterocycles. The summed E-state index contributed by atoms with van der Waals surface area (Å²) in [5.74, 6) is 0.454. The van der Waals surface area contributed by atoms with Crippen LogP contribution in [0.15, 0.2) is 58.7 Å². The number of phenolic OH excluding ortho intramolecular Hbond substituents is 2. The van der Waals surface area contributed by atoms with Gasteiger partial charge in [0, 0.05) is 31.9 Å². The van der Waals surface area contributed by atoms with Crippen LogP contribution in [-0.4, -0.2) is 32.8 Å². The summed E-state index contributed by atoms with van der Waals surface area (Å²) in [7, 11) is 0. The van der Waals surface area contributed by atoms with Gasteiger partial charge in [0.1, 0.15) is 11.5 Å². The van der Waals surface area contributed by atoms with Gasteiger partial charge in [-0.05, 0) is 24.3 Å². The van der Waals surface area contributed by atoms with Gasteiger partial charge in [0.05, 0.1) is 22.5 Å². The molecular formula is C22H14Cl4N6O2. The lowest BCUT2D eigenvalue weighted by atomic mass is 10.2. The molecule has 172 valence electrons. The highest BCUT2D eigenvalue weighted by Gasteiger charge is 2.10. The lowest BCUT2D eigenvalue weighted by molar-refractivity contribution is 0.474. The van der Waals surface area contributed by atoms with E-state index in [1.54, 1.807) is 0 Å². The van der Waals surface area contributed by atoms with Crippen LogP contribution < -0.4 is 10.9 Å². The number of hydrazone groups is 2. The molecule has 0 aliphatic carbocycles. The molecule has 4 N–H and O–H groups in total. The van der Waals surface area contributed by atoms with E-state index in [2.05, 4.69) is 31.3 Å². The zero-order valence-corrected chi connectivity index (χ0v) is 20.0. The second-order valence-electron chi connectivity index (χ2n) is 6.83. The molecule has 0 saturated heterocycles. The summed E-state index contributed by atoms with van der Waals surface area (Å²) >= 11 is 23.8. The zero-order valence-electron chi connectivity index (χ0n) is 17.0. The van der Waals surface area contributed by atoms with Gasteiger partial charge in [-0.25, -0.2) is 0 Å². The van der Waals surface area contributed by atoms with Crippen LogP contribution in [0.1, 0.15) is 11.1 Å². The van der Waals surface area contributed by atoms with E-state index in [1.165, 1.54) is 36.7 Å². The van der Waals surface area contributed by atoms with Crippen molar-refractivity contribution in [2.45, 2.75) is 0 Å². The zero-order chi connectivity index (χ0) is 24.2. The standard InChI is InChI=1S/C22H14Cl4N6O2/c23-13-5-11(19(33)17(25)7-13)9-27-29-21-15-3-1-2-4-16(15)22(32-31-21)30-28-10-12-6-14(24)8-18(26)20(12)34/h1-10,33-34H,(H,29,31)(H,30,32). The summed E-state index contributed by atoms with van der Waals surface area (Å²) in [6.07, 6.45) is 2.73. The Labute approximate surface area is 213 Å². The summed E-state index contributed by atoms with van der Waals surface area (Å²) in [6.45, 7) is 0. The first-order valence-corrected chi connectivity index (χ1v) is 11.0. The molecule has 0 fully saturated rings. The van der Waals surface area contributed by atoms with E-state index in [-0.39, 0.29) is 21.5 Å². The Hall–Kier alpha value is -3.30. The Morgan fingerprint density at radius 2 is 1.09 bits per heavy atom. The van der Waals surface area contributed by atoms with E-state index in [9.17, 15) is 10.2 Å². The van der Waals surface area contributed by atoms with Crippen molar-refractivity contribution < 1.29 is 10.2 Å². The second-order valence-corrected chi connectivity index (χ2v) is 8.52. The largest absolute Gasteiger partial charge is 0.506 e. The first-order chi connectivity index (χ1) is 16.3. The second kappa shape index (κ2) is 10.3. The van der Waals surface area contributed by atoms with Crippen molar-refractivity contribution in [3.63, 3.8) is 0 Å². The number of hydrogen-bond acceptors (Lipinski definition) is 8. The van der Waals surface area contributed by atoms with Crippen LogP contribution in [0.3, 0.4) is 0 Å². The van der Waals surface area contributed by atoms with Crippen molar-refractivity contribution in [3.05, 3.63) is 79.7 Å². The third-order valence-corrected chi connectivity index (χ3v) is 5.56. The highest BCUT2D eigenvalue weighted by atomic mass is 35.5. The number of halogens is 4. The van der Waals surface area contributed by atoms with Crippen LogP contribution in [0.5, 0.6) is 11.5 Å². The molecule has 3 aromatic carbocycles. The summed E-state index contributed by atoms with van der Waals surface area (Å²) < 4.78 is 0. The number of benzene rings is 3. The first-order valence-electron chi connectivity index (χ1n) is 9.53. The van der Waals surface area contributed by atoms with Crippen molar-refractivity contribution in [1.29, 1.82) is 0 Å². The minimum Gasteiger partial charge on any atom is -0.506 e. The molecule has 0 spiro atoms. The van der Waals surface area contributed by atoms with E-state index in [1.807, 2.05) is 24.3 Å². The van der Waals surface area contributed by atoms with Gasteiger partial charge >= 0.3 is 0 Å². The molecule has 4 rings (SSSR count). The fraction of sp³-hybridized carbons (Fsp3) is 0. The van der Waals surface area contributed by atoms with E-state index in [0.717, 1.165) is 0 Å². The van der Waals surface area contributed by atoms with Gasteiger partial charge in [-0.1, -0.05) is 70.7 Å². The van der Waals surface area contributed by atoms with E-state index in [0.29, 0.717) is 43.6 Å². The molecule has 4 aromatic rings. The Kier molecular flexibility index (Phi) is 7.23. The van der Waals surface area contributed by atoms with Crippen LogP contribution in [0, 0.1) is 0 Å². The number of aromatic nitrogens is 2. The molecule has 0 radical (unpaired) electrons. The fourth-order valence-electron chi connectivity index (χ4n) is 2.96. The van der Waals surface area contributed by atoms with Gasteiger partial charge in [0.15, 0.2) is 11.6 Å². The predicted molar refractivity (Wildman–Crippen MR) is 138 cm³/mol. The van der Waals surface area contributed by atoms with Crippen molar-refractivity contribution in [2.75, 3.05) is 10.9 Å². The van der Waals surface area contributed by atoms with Gasteiger partial charge in [0.2, 0.25) is 0 Å². The molecule has 0 aliphatic heterocycles. The van der Waals surface area contributed by atoms with Gasteiger partial charge < -0.3 is 10.2 Å². The molecule has 34 heavy (non-hydrogen) atoms. The van der Waals surface area contributed by atoms with Crippen LogP contribution >= 0.6 is 46.4 Å². The fourth-order valence-corrected chi connectivity index (χ4v) is 3.98. The molecule has 0 saturated carbocycles. The lowest BCUT2D eigenvalue weighted by Gasteiger charge is -2.08. The average Bonchev–Trinajstić information content (AvgIpc) is 2.81. The Morgan fingerprint density at radius 3 is 1.50 bits per heavy atom. The maximum absolute atomic E-state index is 10.1. The van der Waals surface area contributed by atoms with E-state index >= 15 is 0 Å². The topological polar surface area (TPSA) is 115 Å². The number of nitrogens with one attached hydrogen (secondary N) is 2. The number of nitrogens with zero attached hydrogens (tertiary/aromatic N) is 4. The summed E-state index contributed by atoms with van der Waals surface area (Å²) in [4.78, 5) is 0. The maximum Gasteiger partial charge on any atom is 0.176 e. The van der Waals surface area contributed by atoms with Gasteiger partial charge in [-0.2, -0.15) is 10.2 Å². The van der Waals surface area contributed by atoms with Crippen molar-refractivity contribution in [2.24, 2.45) is 10.2 Å². The third kappa shape index (κ3) is 5.26. The van der Waals surface area contributed by atoms with Crippen molar-refractivity contribution in [1.82, 2.24) is 10.2 Å². The van der Waals surface area contributed by atoms with Gasteiger partial charge in [-0.3, -0.25) is 10.9 Å². The lowest BCUT2D eigenvalue weighted by Crippen LogP contribution is -2.01. The molecule has 1 heterocycles. The highest BCUT2D eigenvalue weighted by Crippen LogP contribution is 2.31. The number of phenols is 2. The van der Waals surface area contributed by atoms with Crippen molar-refractivity contribution in [3.8, 4) is 11.5 Å². The molecular weight excluding hydrogens is 522 g/mol. The Morgan fingerprint density at radius 1 is 0.676 bits per heavy atom. The van der Waals surface area contributed by atoms with E-state index in [4.69, 9.17) is 46.4 Å². The van der Waals surface area contributed by atoms with Crippen LogP contribution in [-0.2, 0) is 0 Å². The summed E-state index contributed by atoms with van der Waals surface area (Å²) in [6, 6.07) is 13.2. The molecule has 0 unspecified atom stereocenters. The smallest absolute Gasteiger partial charge is 0.176 e. The average molecular weight is 536 g/mol. The number of fused-ring (bicyclic) bond motifs is 1. The van der Waals surface area contributed by atoms with Crippen LogP contribution in [0.2, 0.25) is 20.1 Å².